The number of rotatable bonds is 5. The zero-order valence-electron chi connectivity index (χ0n) is 19.2. The summed E-state index contributed by atoms with van der Waals surface area (Å²) in [6.45, 7) is 4.07. The lowest BCUT2D eigenvalue weighted by atomic mass is 10.0. The van der Waals surface area contributed by atoms with E-state index < -0.39 is 12.1 Å². The Labute approximate surface area is 193 Å². The van der Waals surface area contributed by atoms with Gasteiger partial charge in [-0.15, -0.1) is 0 Å². The molecule has 0 bridgehead atoms. The summed E-state index contributed by atoms with van der Waals surface area (Å²) in [5.41, 5.74) is 4.55. The number of imide groups is 1. The molecule has 1 unspecified atom stereocenters. The van der Waals surface area contributed by atoms with Gasteiger partial charge in [-0.2, -0.15) is 5.10 Å². The number of amides is 2. The fourth-order valence-electron chi connectivity index (χ4n) is 5.07. The Morgan fingerprint density at radius 1 is 1.15 bits per heavy atom. The van der Waals surface area contributed by atoms with Crippen molar-refractivity contribution in [3.05, 3.63) is 70.9 Å². The van der Waals surface area contributed by atoms with Crippen LogP contribution in [-0.4, -0.2) is 33.3 Å². The first-order chi connectivity index (χ1) is 16.1. The monoisotopic (exact) mass is 443 g/mol. The molecule has 2 aliphatic rings. The summed E-state index contributed by atoms with van der Waals surface area (Å²) in [6.07, 6.45) is 6.97. The van der Waals surface area contributed by atoms with E-state index >= 15 is 0 Å². The molecule has 0 radical (unpaired) electrons. The number of nitrogens with zero attached hydrogens (tertiary/aromatic N) is 3. The summed E-state index contributed by atoms with van der Waals surface area (Å²) in [6, 6.07) is 15.8. The van der Waals surface area contributed by atoms with Crippen LogP contribution in [0, 0.1) is 0 Å². The molecule has 33 heavy (non-hydrogen) atoms. The van der Waals surface area contributed by atoms with Crippen molar-refractivity contribution in [2.45, 2.75) is 58.0 Å². The van der Waals surface area contributed by atoms with E-state index in [9.17, 15) is 9.59 Å². The first kappa shape index (κ1) is 21.4. The van der Waals surface area contributed by atoms with E-state index in [2.05, 4.69) is 23.7 Å². The summed E-state index contributed by atoms with van der Waals surface area (Å²) < 4.78 is 7.42. The number of cyclic esters (lactones) is 1. The maximum absolute atomic E-state index is 13.3. The van der Waals surface area contributed by atoms with Gasteiger partial charge in [0.1, 0.15) is 12.6 Å². The molecule has 0 spiro atoms. The van der Waals surface area contributed by atoms with E-state index in [1.165, 1.54) is 23.1 Å². The van der Waals surface area contributed by atoms with Crippen LogP contribution in [0.4, 0.5) is 4.79 Å². The van der Waals surface area contributed by atoms with Crippen molar-refractivity contribution >= 4 is 29.0 Å². The molecule has 2 heterocycles. The number of hydrogen-bond donors (Lipinski definition) is 0. The van der Waals surface area contributed by atoms with Crippen molar-refractivity contribution in [3.8, 4) is 0 Å². The third-order valence-corrected chi connectivity index (χ3v) is 6.81. The van der Waals surface area contributed by atoms with Gasteiger partial charge in [0.15, 0.2) is 0 Å². The lowest BCUT2D eigenvalue weighted by Crippen LogP contribution is -2.34. The van der Waals surface area contributed by atoms with Crippen LogP contribution in [0.5, 0.6) is 0 Å². The second-order valence-electron chi connectivity index (χ2n) is 8.97. The Balaban J connectivity index is 1.46. The molecule has 5 rings (SSSR count). The molecular formula is C27H29N3O3. The average Bonchev–Trinajstić information content (AvgIpc) is 3.57. The standard InChI is InChI=1S/C27H29N3O3/c1-3-23-22-14-13-19(16-24(22)30(28-23)21-11-7-8-12-21)15-18(2)26(31)29-25(17-33-27(29)32)20-9-5-4-6-10-20/h4-6,9-10,13-16,21,25H,3,7-8,11-12,17H2,1-2H3. The molecule has 1 saturated carbocycles. The molecule has 1 aromatic heterocycles. The fraction of sp³-hybridized carbons (Fsp3) is 0.370. The van der Waals surface area contributed by atoms with Crippen molar-refractivity contribution < 1.29 is 14.3 Å². The second-order valence-corrected chi connectivity index (χ2v) is 8.97. The number of aromatic nitrogens is 2. The first-order valence-corrected chi connectivity index (χ1v) is 11.8. The Bertz CT molecular complexity index is 1220. The molecule has 1 aliphatic carbocycles. The van der Waals surface area contributed by atoms with Crippen molar-refractivity contribution in [1.82, 2.24) is 14.7 Å². The number of benzene rings is 2. The highest BCUT2D eigenvalue weighted by atomic mass is 16.6. The van der Waals surface area contributed by atoms with Crippen LogP contribution in [0.25, 0.3) is 17.0 Å². The summed E-state index contributed by atoms with van der Waals surface area (Å²) in [5, 5.41) is 6.10. The largest absolute Gasteiger partial charge is 0.446 e. The van der Waals surface area contributed by atoms with Gasteiger partial charge in [0.25, 0.3) is 5.91 Å². The molecule has 0 N–H and O–H groups in total. The number of hydrogen-bond acceptors (Lipinski definition) is 4. The van der Waals surface area contributed by atoms with E-state index in [0.29, 0.717) is 11.6 Å². The molecule has 6 nitrogen and oxygen atoms in total. The van der Waals surface area contributed by atoms with Crippen molar-refractivity contribution in [2.75, 3.05) is 6.61 Å². The van der Waals surface area contributed by atoms with Crippen LogP contribution >= 0.6 is 0 Å². The highest BCUT2D eigenvalue weighted by Gasteiger charge is 2.39. The van der Waals surface area contributed by atoms with E-state index in [0.717, 1.165) is 41.6 Å². The Kier molecular flexibility index (Phi) is 5.75. The highest BCUT2D eigenvalue weighted by Crippen LogP contribution is 2.34. The number of fused-ring (bicyclic) bond motifs is 1. The highest BCUT2D eigenvalue weighted by molar-refractivity contribution is 6.06. The van der Waals surface area contributed by atoms with Crippen molar-refractivity contribution in [1.29, 1.82) is 0 Å². The van der Waals surface area contributed by atoms with Gasteiger partial charge >= 0.3 is 6.09 Å². The number of carbonyl (C=O) groups is 2. The smallest absolute Gasteiger partial charge is 0.417 e. The summed E-state index contributed by atoms with van der Waals surface area (Å²) in [5.74, 6) is -0.329. The minimum Gasteiger partial charge on any atom is -0.446 e. The first-order valence-electron chi connectivity index (χ1n) is 11.8. The van der Waals surface area contributed by atoms with Gasteiger partial charge in [0.2, 0.25) is 0 Å². The predicted molar refractivity (Wildman–Crippen MR) is 128 cm³/mol. The molecule has 170 valence electrons. The lowest BCUT2D eigenvalue weighted by molar-refractivity contribution is -0.125. The second kappa shape index (κ2) is 8.85. The summed E-state index contributed by atoms with van der Waals surface area (Å²) in [7, 11) is 0. The van der Waals surface area contributed by atoms with Crippen LogP contribution in [0.2, 0.25) is 0 Å². The number of ether oxygens (including phenoxy) is 1. The maximum Gasteiger partial charge on any atom is 0.417 e. The summed E-state index contributed by atoms with van der Waals surface area (Å²) >= 11 is 0. The molecule has 3 aromatic rings. The van der Waals surface area contributed by atoms with E-state index in [1.807, 2.05) is 42.5 Å². The topological polar surface area (TPSA) is 64.4 Å². The predicted octanol–water partition coefficient (Wildman–Crippen LogP) is 5.84. The quantitative estimate of drug-likeness (QED) is 0.465. The normalized spacial score (nSPS) is 19.5. The van der Waals surface area contributed by atoms with Gasteiger partial charge in [0, 0.05) is 11.0 Å². The molecule has 1 atom stereocenters. The molecule has 1 saturated heterocycles. The van der Waals surface area contributed by atoms with Crippen LogP contribution < -0.4 is 0 Å². The van der Waals surface area contributed by atoms with Gasteiger partial charge in [0.05, 0.1) is 17.3 Å². The molecule has 1 aliphatic heterocycles. The zero-order valence-corrected chi connectivity index (χ0v) is 19.2. The van der Waals surface area contributed by atoms with Gasteiger partial charge in [-0.05, 0) is 49.5 Å². The number of carbonyl (C=O) groups excluding carboxylic acids is 2. The minimum atomic E-state index is -0.594. The molecular weight excluding hydrogens is 414 g/mol. The Morgan fingerprint density at radius 2 is 1.91 bits per heavy atom. The van der Waals surface area contributed by atoms with Gasteiger partial charge < -0.3 is 4.74 Å². The van der Waals surface area contributed by atoms with Gasteiger partial charge in [-0.3, -0.25) is 9.48 Å². The summed E-state index contributed by atoms with van der Waals surface area (Å²) in [4.78, 5) is 26.9. The van der Waals surface area contributed by atoms with Crippen LogP contribution in [0.1, 0.15) is 68.4 Å². The maximum atomic E-state index is 13.3. The van der Waals surface area contributed by atoms with Crippen LogP contribution in [0.3, 0.4) is 0 Å². The number of aryl methyl sites for hydroxylation is 1. The molecule has 2 amide bonds. The molecule has 2 fully saturated rings. The van der Waals surface area contributed by atoms with Gasteiger partial charge in [-0.1, -0.05) is 62.2 Å². The Morgan fingerprint density at radius 3 is 2.64 bits per heavy atom. The Hall–Kier alpha value is -3.41. The van der Waals surface area contributed by atoms with E-state index in [-0.39, 0.29) is 12.5 Å². The van der Waals surface area contributed by atoms with Crippen molar-refractivity contribution in [3.63, 3.8) is 0 Å². The third kappa shape index (κ3) is 3.94. The zero-order chi connectivity index (χ0) is 22.9. The van der Waals surface area contributed by atoms with E-state index in [1.54, 1.807) is 6.92 Å². The van der Waals surface area contributed by atoms with Crippen LogP contribution in [-0.2, 0) is 16.0 Å². The van der Waals surface area contributed by atoms with Crippen LogP contribution in [0.15, 0.2) is 54.1 Å². The SMILES string of the molecule is CCc1nn(C2CCCC2)c2cc(C=C(C)C(=O)N3C(=O)OCC3c3ccccc3)ccc12. The third-order valence-electron chi connectivity index (χ3n) is 6.81. The lowest BCUT2D eigenvalue weighted by Gasteiger charge is -2.20. The fourth-order valence-corrected chi connectivity index (χ4v) is 5.07. The molecule has 2 aromatic carbocycles. The minimum absolute atomic E-state index is 0.175. The molecule has 6 heteroatoms. The van der Waals surface area contributed by atoms with Gasteiger partial charge in [-0.25, -0.2) is 9.69 Å². The van der Waals surface area contributed by atoms with E-state index in [4.69, 9.17) is 9.84 Å². The average molecular weight is 444 g/mol. The van der Waals surface area contributed by atoms with Crippen molar-refractivity contribution in [2.24, 2.45) is 0 Å².